The van der Waals surface area contributed by atoms with Crippen molar-refractivity contribution in [1.82, 2.24) is 0 Å². The molecule has 0 amide bonds. The van der Waals surface area contributed by atoms with Gasteiger partial charge in [0.2, 0.25) is 0 Å². The first-order valence-corrected chi connectivity index (χ1v) is 7.65. The second-order valence-corrected chi connectivity index (χ2v) is 5.74. The molecule has 0 saturated heterocycles. The van der Waals surface area contributed by atoms with Crippen molar-refractivity contribution in [3.8, 4) is 0 Å². The zero-order chi connectivity index (χ0) is 16.1. The number of phosphoric acid groups is 2. The van der Waals surface area contributed by atoms with Crippen LogP contribution in [0.4, 0.5) is 0 Å². The van der Waals surface area contributed by atoms with Crippen molar-refractivity contribution < 1.29 is 57.9 Å². The van der Waals surface area contributed by atoms with E-state index in [2.05, 4.69) is 9.05 Å². The third-order valence-corrected chi connectivity index (χ3v) is 2.73. The molecule has 0 bridgehead atoms. The molecule has 0 spiro atoms. The number of aliphatic hydroxyl groups is 3. The van der Waals surface area contributed by atoms with Gasteiger partial charge in [0.05, 0.1) is 22.3 Å². The first-order valence-electron chi connectivity index (χ1n) is 4.73. The average molecular weight is 611 g/mol. The molecule has 0 aliphatic rings. The van der Waals surface area contributed by atoms with Gasteiger partial charge in [-0.3, -0.25) is 4.79 Å². The molecule has 0 saturated carbocycles. The first kappa shape index (κ1) is 29.7. The summed E-state index contributed by atoms with van der Waals surface area (Å²) in [6, 6.07) is 0. The third-order valence-electron chi connectivity index (χ3n) is 1.82. The standard InChI is InChI=1S/C6H14O12P2.2Ba/c7-3(1-17-19(11,12)13)5(9)6(10)4(8)2-18-20(14,15)16;;/h3,5-7,9-10H,1-2H2,(H2,11,12,13)(H2,14,15,16);;/q;2*+2/p-4/t3-,5-,6-;;/m1../s1. The fourth-order valence-electron chi connectivity index (χ4n) is 0.895. The Morgan fingerprint density at radius 1 is 0.955 bits per heavy atom. The van der Waals surface area contributed by atoms with E-state index in [1.807, 2.05) is 0 Å². The van der Waals surface area contributed by atoms with E-state index in [9.17, 15) is 38.6 Å². The molecule has 0 aliphatic carbocycles. The minimum Gasteiger partial charge on any atom is -0.790 e. The Morgan fingerprint density at radius 2 is 1.36 bits per heavy atom. The van der Waals surface area contributed by atoms with E-state index in [1.54, 1.807) is 0 Å². The maximum Gasteiger partial charge on any atom is 2.00 e. The number of rotatable bonds is 9. The fraction of sp³-hybridized carbons (Fsp3) is 0.833. The van der Waals surface area contributed by atoms with Gasteiger partial charge < -0.3 is 53.1 Å². The molecule has 22 heavy (non-hydrogen) atoms. The normalized spacial score (nSPS) is 16.0. The van der Waals surface area contributed by atoms with Crippen LogP contribution in [0.5, 0.6) is 0 Å². The Hall–Kier alpha value is 2.91. The van der Waals surface area contributed by atoms with Crippen LogP contribution in [0.25, 0.3) is 0 Å². The predicted molar refractivity (Wildman–Crippen MR) is 61.7 cm³/mol. The largest absolute Gasteiger partial charge is 2.00 e. The number of carbonyl (C=O) groups is 1. The molecule has 3 N–H and O–H groups in total. The summed E-state index contributed by atoms with van der Waals surface area (Å²) in [6.07, 6.45) is -6.83. The molecule has 0 rings (SSSR count). The summed E-state index contributed by atoms with van der Waals surface area (Å²) in [7, 11) is -10.9. The Morgan fingerprint density at radius 3 is 1.73 bits per heavy atom. The second-order valence-electron chi connectivity index (χ2n) is 3.43. The zero-order valence-electron chi connectivity index (χ0n) is 11.0. The molecule has 0 unspecified atom stereocenters. The van der Waals surface area contributed by atoms with E-state index in [0.29, 0.717) is 0 Å². The van der Waals surface area contributed by atoms with Gasteiger partial charge in [-0.2, -0.15) is 0 Å². The molecule has 3 atom stereocenters. The maximum absolute atomic E-state index is 11.1. The fourth-order valence-corrected chi connectivity index (χ4v) is 1.52. The zero-order valence-corrected chi connectivity index (χ0v) is 21.6. The maximum atomic E-state index is 11.1. The molecule has 0 fully saturated rings. The van der Waals surface area contributed by atoms with Gasteiger partial charge >= 0.3 is 97.8 Å². The van der Waals surface area contributed by atoms with Crippen LogP contribution in [0.2, 0.25) is 0 Å². The molecule has 0 aromatic heterocycles. The Balaban J connectivity index is -0.00000180. The summed E-state index contributed by atoms with van der Waals surface area (Å²) in [5, 5.41) is 27.5. The van der Waals surface area contributed by atoms with Gasteiger partial charge in [0.15, 0.2) is 5.78 Å². The Bertz CT molecular complexity index is 420. The molecule has 0 aliphatic heterocycles. The molecule has 0 radical (unpaired) electrons. The van der Waals surface area contributed by atoms with Gasteiger partial charge in [-0.15, -0.1) is 0 Å². The van der Waals surface area contributed by atoms with Gasteiger partial charge in [0.25, 0.3) is 0 Å². The summed E-state index contributed by atoms with van der Waals surface area (Å²) in [4.78, 5) is 51.4. The minimum atomic E-state index is -5.47. The number of ketones is 1. The quantitative estimate of drug-likeness (QED) is 0.164. The SMILES string of the molecule is O=C(COP(=O)([O-])[O-])[C@@H](O)[C@H](O)[C@H](O)COP(=O)([O-])[O-].[Ba+2].[Ba+2]. The molecule has 16 heteroatoms. The third kappa shape index (κ3) is 15.2. The second kappa shape index (κ2) is 13.1. The number of hydrogen-bond donors (Lipinski definition) is 3. The van der Waals surface area contributed by atoms with Crippen LogP contribution in [0.15, 0.2) is 0 Å². The molecule has 12 nitrogen and oxygen atoms in total. The van der Waals surface area contributed by atoms with E-state index in [1.165, 1.54) is 0 Å². The number of carbonyl (C=O) groups excluding carboxylic acids is 1. The van der Waals surface area contributed by atoms with Crippen LogP contribution in [-0.4, -0.2) is 150 Å². The van der Waals surface area contributed by atoms with Gasteiger partial charge in [-0.1, -0.05) is 0 Å². The van der Waals surface area contributed by atoms with Crippen LogP contribution < -0.4 is 19.6 Å². The monoisotopic (exact) mass is 612 g/mol. The van der Waals surface area contributed by atoms with Crippen LogP contribution in [0.1, 0.15) is 0 Å². The molecular weight excluding hydrogens is 601 g/mol. The van der Waals surface area contributed by atoms with Crippen molar-refractivity contribution >= 4 is 119 Å². The minimum absolute atomic E-state index is 0. The summed E-state index contributed by atoms with van der Waals surface area (Å²) < 4.78 is 27.3. The predicted octanol–water partition coefficient (Wildman–Crippen LogP) is -6.43. The Kier molecular flexibility index (Phi) is 17.7. The van der Waals surface area contributed by atoms with Crippen LogP contribution in [0, 0.1) is 0 Å². The van der Waals surface area contributed by atoms with E-state index in [0.717, 1.165) is 0 Å². The summed E-state index contributed by atoms with van der Waals surface area (Å²) in [5.41, 5.74) is 0. The van der Waals surface area contributed by atoms with Gasteiger partial charge in [-0.25, -0.2) is 0 Å². The smallest absolute Gasteiger partial charge is 0.790 e. The van der Waals surface area contributed by atoms with Gasteiger partial charge in [-0.05, 0) is 0 Å². The van der Waals surface area contributed by atoms with E-state index in [-0.39, 0.29) is 97.8 Å². The molecular formula is C6H10Ba2O12P2. The summed E-state index contributed by atoms with van der Waals surface area (Å²) >= 11 is 0. The number of Topliss-reactive ketones (excluding diaryl/α,β-unsaturated/α-hetero) is 1. The number of phosphoric ester groups is 2. The average Bonchev–Trinajstić information content (AvgIpc) is 2.29. The van der Waals surface area contributed by atoms with Crippen molar-refractivity contribution in [1.29, 1.82) is 0 Å². The molecule has 0 aromatic carbocycles. The van der Waals surface area contributed by atoms with E-state index in [4.69, 9.17) is 10.2 Å². The molecule has 120 valence electrons. The van der Waals surface area contributed by atoms with Crippen LogP contribution in [-0.2, 0) is 23.0 Å². The number of aliphatic hydroxyl groups excluding tert-OH is 3. The number of hydrogen-bond acceptors (Lipinski definition) is 12. The van der Waals surface area contributed by atoms with Crippen molar-refractivity contribution in [2.45, 2.75) is 18.3 Å². The first-order chi connectivity index (χ1) is 8.83. The van der Waals surface area contributed by atoms with E-state index >= 15 is 0 Å². The topological polar surface area (TPSA) is 223 Å². The van der Waals surface area contributed by atoms with Gasteiger partial charge in [0, 0.05) is 0 Å². The van der Waals surface area contributed by atoms with Crippen molar-refractivity contribution in [2.24, 2.45) is 0 Å². The van der Waals surface area contributed by atoms with Crippen molar-refractivity contribution in [2.75, 3.05) is 13.2 Å². The summed E-state index contributed by atoms with van der Waals surface area (Å²) in [6.45, 7) is -2.63. The van der Waals surface area contributed by atoms with Crippen molar-refractivity contribution in [3.63, 3.8) is 0 Å². The Labute approximate surface area is 205 Å². The molecule has 0 heterocycles. The van der Waals surface area contributed by atoms with Crippen molar-refractivity contribution in [3.05, 3.63) is 0 Å². The van der Waals surface area contributed by atoms with E-state index < -0.39 is 53.0 Å². The van der Waals surface area contributed by atoms with Crippen LogP contribution >= 0.6 is 15.6 Å². The summed E-state index contributed by atoms with van der Waals surface area (Å²) in [5.74, 6) is -1.48. The van der Waals surface area contributed by atoms with Gasteiger partial charge in [0.1, 0.15) is 24.9 Å². The van der Waals surface area contributed by atoms with Crippen LogP contribution in [0.3, 0.4) is 0 Å². The molecule has 0 aromatic rings.